The van der Waals surface area contributed by atoms with Crippen molar-refractivity contribution in [3.8, 4) is 28.7 Å². The van der Waals surface area contributed by atoms with Gasteiger partial charge in [0.05, 0.1) is 30.9 Å². The maximum atomic E-state index is 12.7. The molecule has 0 unspecified atom stereocenters. The van der Waals surface area contributed by atoms with Crippen molar-refractivity contribution in [1.29, 1.82) is 5.26 Å². The second kappa shape index (κ2) is 6.88. The van der Waals surface area contributed by atoms with Crippen LogP contribution in [0.2, 0.25) is 0 Å². The van der Waals surface area contributed by atoms with E-state index in [1.165, 1.54) is 31.6 Å². The number of pyridine rings is 1. The molecule has 126 valence electrons. The summed E-state index contributed by atoms with van der Waals surface area (Å²) in [7, 11) is 1.48. The van der Waals surface area contributed by atoms with Crippen molar-refractivity contribution in [2.45, 2.75) is 0 Å². The van der Waals surface area contributed by atoms with Crippen LogP contribution in [0.3, 0.4) is 0 Å². The molecule has 1 aromatic heterocycles. The number of carbonyl (C=O) groups is 1. The molecule has 0 bridgehead atoms. The van der Waals surface area contributed by atoms with Gasteiger partial charge in [0.2, 0.25) is 0 Å². The Balaban J connectivity index is 2.17. The van der Waals surface area contributed by atoms with Gasteiger partial charge in [-0.15, -0.1) is 0 Å². The molecule has 0 saturated heterocycles. The Morgan fingerprint density at radius 2 is 2.28 bits per heavy atom. The molecule has 0 radical (unpaired) electrons. The first kappa shape index (κ1) is 16.3. The molecule has 0 spiro atoms. The normalized spacial score (nSPS) is 12.7. The Labute approximate surface area is 143 Å². The smallest absolute Gasteiger partial charge is 0.262 e. The van der Waals surface area contributed by atoms with E-state index in [1.807, 2.05) is 6.07 Å². The Morgan fingerprint density at radius 3 is 2.96 bits per heavy atom. The molecule has 2 aromatic rings. The molecule has 0 fully saturated rings. The maximum Gasteiger partial charge on any atom is 0.262 e. The number of methoxy groups -OCH3 is 1. The van der Waals surface area contributed by atoms with E-state index in [0.717, 1.165) is 0 Å². The third-order valence-corrected chi connectivity index (χ3v) is 3.71. The summed E-state index contributed by atoms with van der Waals surface area (Å²) in [6.07, 6.45) is 3.02. The standard InChI is InChI=1S/C17H15N5O3/c1-25-13-4-5-19-9-11(13)14-10(8-18)2-3-12(23)15(14)16(24)22-17-20-6-7-21-17/h2-5,9,23H,6-7H2,1H3,(H2,20,21,22,24). The van der Waals surface area contributed by atoms with Gasteiger partial charge in [-0.05, 0) is 18.2 Å². The number of aliphatic imine (C=N–C) groups is 1. The number of nitrogens with zero attached hydrogens (tertiary/aromatic N) is 3. The molecule has 25 heavy (non-hydrogen) atoms. The number of benzene rings is 1. The Bertz CT molecular complexity index is 902. The quantitative estimate of drug-likeness (QED) is 0.769. The number of aromatic nitrogens is 1. The lowest BCUT2D eigenvalue weighted by atomic mass is 9.94. The highest BCUT2D eigenvalue weighted by Gasteiger charge is 2.24. The predicted molar refractivity (Wildman–Crippen MR) is 90.4 cm³/mol. The predicted octanol–water partition coefficient (Wildman–Crippen LogP) is 1.02. The van der Waals surface area contributed by atoms with Gasteiger partial charge in [0.1, 0.15) is 11.5 Å². The van der Waals surface area contributed by atoms with Crippen molar-refractivity contribution in [1.82, 2.24) is 15.6 Å². The van der Waals surface area contributed by atoms with Crippen molar-refractivity contribution in [3.63, 3.8) is 0 Å². The van der Waals surface area contributed by atoms with E-state index in [4.69, 9.17) is 4.74 Å². The summed E-state index contributed by atoms with van der Waals surface area (Å²) in [5.74, 6) is -0.0713. The average Bonchev–Trinajstić information content (AvgIpc) is 3.14. The van der Waals surface area contributed by atoms with Crippen molar-refractivity contribution in [2.24, 2.45) is 4.99 Å². The van der Waals surface area contributed by atoms with Crippen LogP contribution in [0.1, 0.15) is 15.9 Å². The van der Waals surface area contributed by atoms with E-state index in [1.54, 1.807) is 6.07 Å². The molecule has 1 amide bonds. The number of nitrogens with one attached hydrogen (secondary N) is 2. The lowest BCUT2D eigenvalue weighted by Gasteiger charge is -2.15. The summed E-state index contributed by atoms with van der Waals surface area (Å²) in [5.41, 5.74) is 0.866. The summed E-state index contributed by atoms with van der Waals surface area (Å²) >= 11 is 0. The van der Waals surface area contributed by atoms with Crippen LogP contribution in [0.25, 0.3) is 11.1 Å². The number of phenols is 1. The zero-order chi connectivity index (χ0) is 17.8. The number of carbonyl (C=O) groups excluding carboxylic acids is 1. The van der Waals surface area contributed by atoms with Crippen LogP contribution < -0.4 is 15.4 Å². The molecular weight excluding hydrogens is 322 g/mol. The number of hydrogen-bond donors (Lipinski definition) is 3. The van der Waals surface area contributed by atoms with Crippen LogP contribution in [-0.2, 0) is 0 Å². The average molecular weight is 337 g/mol. The molecule has 0 saturated carbocycles. The third-order valence-electron chi connectivity index (χ3n) is 3.71. The Kier molecular flexibility index (Phi) is 4.48. The molecule has 1 aromatic carbocycles. The number of rotatable bonds is 3. The largest absolute Gasteiger partial charge is 0.507 e. The van der Waals surface area contributed by atoms with Gasteiger partial charge >= 0.3 is 0 Å². The van der Waals surface area contributed by atoms with Crippen LogP contribution in [0.4, 0.5) is 0 Å². The monoisotopic (exact) mass is 337 g/mol. The van der Waals surface area contributed by atoms with E-state index in [9.17, 15) is 15.2 Å². The van der Waals surface area contributed by atoms with Gasteiger partial charge in [0, 0.05) is 30.1 Å². The summed E-state index contributed by atoms with van der Waals surface area (Å²) < 4.78 is 5.31. The molecule has 3 N–H and O–H groups in total. The van der Waals surface area contributed by atoms with Crippen molar-refractivity contribution in [2.75, 3.05) is 20.2 Å². The molecule has 0 atom stereocenters. The molecule has 1 aliphatic heterocycles. The minimum absolute atomic E-state index is 0.0400. The molecule has 0 aliphatic carbocycles. The highest BCUT2D eigenvalue weighted by molar-refractivity contribution is 6.12. The molecular formula is C17H15N5O3. The zero-order valence-electron chi connectivity index (χ0n) is 13.4. The van der Waals surface area contributed by atoms with Gasteiger partial charge in [-0.1, -0.05) is 0 Å². The lowest BCUT2D eigenvalue weighted by Crippen LogP contribution is -2.38. The van der Waals surface area contributed by atoms with Crippen molar-refractivity contribution < 1.29 is 14.6 Å². The highest BCUT2D eigenvalue weighted by atomic mass is 16.5. The second-order valence-corrected chi connectivity index (χ2v) is 5.18. The molecule has 2 heterocycles. The molecule has 3 rings (SSSR count). The van der Waals surface area contributed by atoms with Crippen LogP contribution in [0.15, 0.2) is 35.6 Å². The first-order valence-electron chi connectivity index (χ1n) is 7.49. The van der Waals surface area contributed by atoms with Crippen molar-refractivity contribution >= 4 is 11.9 Å². The van der Waals surface area contributed by atoms with Crippen LogP contribution >= 0.6 is 0 Å². The first-order chi connectivity index (χ1) is 12.2. The minimum Gasteiger partial charge on any atom is -0.507 e. The van der Waals surface area contributed by atoms with E-state index < -0.39 is 5.91 Å². The fraction of sp³-hybridized carbons (Fsp3) is 0.176. The summed E-state index contributed by atoms with van der Waals surface area (Å²) in [6.45, 7) is 1.19. The molecule has 8 nitrogen and oxygen atoms in total. The number of nitriles is 1. The summed E-state index contributed by atoms with van der Waals surface area (Å²) in [6, 6.07) is 6.41. The molecule has 8 heteroatoms. The zero-order valence-corrected chi connectivity index (χ0v) is 13.4. The number of ether oxygens (including phenoxy) is 1. The Morgan fingerprint density at radius 1 is 1.44 bits per heavy atom. The van der Waals surface area contributed by atoms with Gasteiger partial charge in [-0.25, -0.2) is 0 Å². The molecule has 1 aliphatic rings. The van der Waals surface area contributed by atoms with E-state index in [0.29, 0.717) is 30.4 Å². The third kappa shape index (κ3) is 3.07. The van der Waals surface area contributed by atoms with Gasteiger partial charge in [0.25, 0.3) is 5.91 Å². The number of amides is 1. The van der Waals surface area contributed by atoms with Gasteiger partial charge in [0.15, 0.2) is 5.96 Å². The second-order valence-electron chi connectivity index (χ2n) is 5.18. The number of hydrogen-bond acceptors (Lipinski definition) is 7. The van der Waals surface area contributed by atoms with Crippen LogP contribution in [-0.4, -0.2) is 42.2 Å². The van der Waals surface area contributed by atoms with Crippen LogP contribution in [0, 0.1) is 11.3 Å². The summed E-state index contributed by atoms with van der Waals surface area (Å²) in [4.78, 5) is 20.9. The van der Waals surface area contributed by atoms with E-state index in [2.05, 4.69) is 20.6 Å². The fourth-order valence-electron chi connectivity index (χ4n) is 2.59. The lowest BCUT2D eigenvalue weighted by molar-refractivity contribution is 0.0974. The SMILES string of the molecule is COc1ccncc1-c1c(C#N)ccc(O)c1C(=O)NC1=NCCN1. The number of aromatic hydroxyl groups is 1. The topological polar surface area (TPSA) is 120 Å². The highest BCUT2D eigenvalue weighted by Crippen LogP contribution is 2.37. The number of guanidine groups is 1. The first-order valence-corrected chi connectivity index (χ1v) is 7.49. The maximum absolute atomic E-state index is 12.7. The van der Waals surface area contributed by atoms with Crippen molar-refractivity contribution in [3.05, 3.63) is 41.7 Å². The Hall–Kier alpha value is -3.60. The summed E-state index contributed by atoms with van der Waals surface area (Å²) in [5, 5.41) is 25.3. The van der Waals surface area contributed by atoms with Gasteiger partial charge < -0.3 is 15.2 Å². The number of phenolic OH excluding ortho intramolecular Hbond substituents is 1. The van der Waals surface area contributed by atoms with Gasteiger partial charge in [-0.2, -0.15) is 5.26 Å². The fourth-order valence-corrected chi connectivity index (χ4v) is 2.59. The van der Waals surface area contributed by atoms with Gasteiger partial charge in [-0.3, -0.25) is 20.1 Å². The van der Waals surface area contributed by atoms with E-state index >= 15 is 0 Å². The minimum atomic E-state index is -0.580. The van der Waals surface area contributed by atoms with Crippen LogP contribution in [0.5, 0.6) is 11.5 Å². The van der Waals surface area contributed by atoms with E-state index in [-0.39, 0.29) is 22.4 Å².